The molecule has 9 aromatic rings. The van der Waals surface area contributed by atoms with Crippen molar-refractivity contribution in [2.24, 2.45) is 0 Å². The van der Waals surface area contributed by atoms with Gasteiger partial charge < -0.3 is 9.13 Å². The summed E-state index contributed by atoms with van der Waals surface area (Å²) < 4.78 is 4.98. The first-order chi connectivity index (χ1) is 23.1. The van der Waals surface area contributed by atoms with Crippen LogP contribution in [0.25, 0.3) is 77.2 Å². The summed E-state index contributed by atoms with van der Waals surface area (Å²) in [6.45, 7) is 4.74. The van der Waals surface area contributed by atoms with Crippen LogP contribution in [0.3, 0.4) is 0 Å². The minimum Gasteiger partial charge on any atom is -0.309 e. The maximum Gasteiger partial charge on any atom is 0.0561 e. The topological polar surface area (TPSA) is 9.86 Å². The van der Waals surface area contributed by atoms with Crippen LogP contribution in [0.5, 0.6) is 0 Å². The molecule has 7 aromatic carbocycles. The normalized spacial score (nSPS) is 13.5. The summed E-state index contributed by atoms with van der Waals surface area (Å²) in [5.41, 5.74) is 15.0. The first-order valence-electron chi connectivity index (χ1n) is 16.5. The van der Waals surface area contributed by atoms with Crippen molar-refractivity contribution in [3.8, 4) is 33.6 Å². The molecule has 2 heteroatoms. The summed E-state index contributed by atoms with van der Waals surface area (Å²) in [6, 6.07) is 58.1. The van der Waals surface area contributed by atoms with Crippen LogP contribution >= 0.6 is 0 Å². The molecule has 1 aliphatic rings. The van der Waals surface area contributed by atoms with E-state index in [1.807, 2.05) is 0 Å². The zero-order valence-corrected chi connectivity index (χ0v) is 26.4. The van der Waals surface area contributed by atoms with E-state index in [1.165, 1.54) is 88.4 Å². The van der Waals surface area contributed by atoms with E-state index in [1.54, 1.807) is 0 Å². The minimum absolute atomic E-state index is 0.0888. The number of hydrogen-bond donors (Lipinski definition) is 0. The summed E-state index contributed by atoms with van der Waals surface area (Å²) >= 11 is 0. The van der Waals surface area contributed by atoms with Crippen molar-refractivity contribution < 1.29 is 0 Å². The fourth-order valence-electron chi connectivity index (χ4n) is 8.41. The number of aromatic nitrogens is 2. The van der Waals surface area contributed by atoms with Crippen molar-refractivity contribution in [3.63, 3.8) is 0 Å². The molecular formula is C45H32N2. The Balaban J connectivity index is 1.36. The largest absolute Gasteiger partial charge is 0.309 e. The van der Waals surface area contributed by atoms with Crippen molar-refractivity contribution >= 4 is 43.6 Å². The highest BCUT2D eigenvalue weighted by Gasteiger charge is 2.36. The molecule has 47 heavy (non-hydrogen) atoms. The number of nitrogens with zero attached hydrogens (tertiary/aromatic N) is 2. The Labute approximate surface area is 273 Å². The molecule has 0 saturated heterocycles. The molecule has 2 nitrogen and oxygen atoms in total. The van der Waals surface area contributed by atoms with E-state index in [9.17, 15) is 0 Å². The second-order valence-electron chi connectivity index (χ2n) is 13.3. The minimum atomic E-state index is -0.0888. The smallest absolute Gasteiger partial charge is 0.0561 e. The van der Waals surface area contributed by atoms with E-state index in [2.05, 4.69) is 181 Å². The van der Waals surface area contributed by atoms with E-state index in [-0.39, 0.29) is 5.41 Å². The van der Waals surface area contributed by atoms with Gasteiger partial charge in [-0.15, -0.1) is 0 Å². The number of benzene rings is 7. The van der Waals surface area contributed by atoms with E-state index >= 15 is 0 Å². The fourth-order valence-corrected chi connectivity index (χ4v) is 8.41. The highest BCUT2D eigenvalue weighted by Crippen LogP contribution is 2.51. The van der Waals surface area contributed by atoms with Crippen molar-refractivity contribution in [3.05, 3.63) is 169 Å². The standard InChI is InChI=1S/C45H32N2/c1-45(2)36-21-10-6-17-30(36)34-27-35-33-20-9-13-24-40(33)47(43(35)28-37(34)45)42-26-14-25-41(44(42)29-15-4-3-5-16-29)46-38-22-11-7-18-31(38)32-19-8-12-23-39(32)46/h3-28H,1-2H3. The van der Waals surface area contributed by atoms with Crippen LogP contribution in [0.1, 0.15) is 25.0 Å². The van der Waals surface area contributed by atoms with Crippen molar-refractivity contribution in [1.82, 2.24) is 9.13 Å². The third-order valence-corrected chi connectivity index (χ3v) is 10.5. The van der Waals surface area contributed by atoms with Crippen LogP contribution < -0.4 is 0 Å². The lowest BCUT2D eigenvalue weighted by Gasteiger charge is -2.22. The van der Waals surface area contributed by atoms with Gasteiger partial charge in [-0.3, -0.25) is 0 Å². The van der Waals surface area contributed by atoms with Crippen LogP contribution in [-0.4, -0.2) is 9.13 Å². The van der Waals surface area contributed by atoms with Crippen molar-refractivity contribution in [2.45, 2.75) is 19.3 Å². The van der Waals surface area contributed by atoms with Crippen LogP contribution in [0.15, 0.2) is 158 Å². The molecule has 0 N–H and O–H groups in total. The third kappa shape index (κ3) is 3.56. The van der Waals surface area contributed by atoms with Gasteiger partial charge >= 0.3 is 0 Å². The second-order valence-corrected chi connectivity index (χ2v) is 13.3. The molecule has 0 unspecified atom stereocenters. The molecule has 0 amide bonds. The van der Waals surface area contributed by atoms with Crippen LogP contribution in [0.2, 0.25) is 0 Å². The first-order valence-corrected chi connectivity index (χ1v) is 16.5. The van der Waals surface area contributed by atoms with E-state index < -0.39 is 0 Å². The Morgan fingerprint density at radius 1 is 0.383 bits per heavy atom. The summed E-state index contributed by atoms with van der Waals surface area (Å²) in [7, 11) is 0. The van der Waals surface area contributed by atoms with Crippen molar-refractivity contribution in [1.29, 1.82) is 0 Å². The third-order valence-electron chi connectivity index (χ3n) is 10.5. The number of rotatable bonds is 3. The lowest BCUT2D eigenvalue weighted by atomic mass is 9.82. The molecule has 0 spiro atoms. The molecule has 0 aliphatic heterocycles. The Bertz CT molecular complexity index is 2650. The summed E-state index contributed by atoms with van der Waals surface area (Å²) in [6.07, 6.45) is 0. The van der Waals surface area contributed by atoms with E-state index in [4.69, 9.17) is 0 Å². The molecule has 2 heterocycles. The van der Waals surface area contributed by atoms with Gasteiger partial charge in [-0.05, 0) is 70.3 Å². The molecule has 0 saturated carbocycles. The van der Waals surface area contributed by atoms with Gasteiger partial charge in [0.1, 0.15) is 0 Å². The monoisotopic (exact) mass is 600 g/mol. The highest BCUT2D eigenvalue weighted by molar-refractivity contribution is 6.13. The molecule has 0 radical (unpaired) electrons. The molecule has 10 rings (SSSR count). The zero-order valence-electron chi connectivity index (χ0n) is 26.4. The highest BCUT2D eigenvalue weighted by atomic mass is 15.0. The predicted octanol–water partition coefficient (Wildman–Crippen LogP) is 11.9. The summed E-state index contributed by atoms with van der Waals surface area (Å²) in [5, 5.41) is 5.09. The van der Waals surface area contributed by atoms with Crippen molar-refractivity contribution in [2.75, 3.05) is 0 Å². The Morgan fingerprint density at radius 3 is 1.53 bits per heavy atom. The van der Waals surface area contributed by atoms with Gasteiger partial charge in [0.15, 0.2) is 0 Å². The van der Waals surface area contributed by atoms with E-state index in [0.717, 1.165) is 0 Å². The lowest BCUT2D eigenvalue weighted by Crippen LogP contribution is -2.15. The average molecular weight is 601 g/mol. The molecule has 222 valence electrons. The predicted molar refractivity (Wildman–Crippen MR) is 198 cm³/mol. The number of hydrogen-bond acceptors (Lipinski definition) is 0. The SMILES string of the molecule is CC1(C)c2ccccc2-c2cc3c4ccccc4n(-c4cccc(-n5c6ccccc6c6ccccc65)c4-c4ccccc4)c3cc21. The van der Waals surface area contributed by atoms with Gasteiger partial charge in [0.05, 0.1) is 33.4 Å². The summed E-state index contributed by atoms with van der Waals surface area (Å²) in [5.74, 6) is 0. The molecule has 0 bridgehead atoms. The summed E-state index contributed by atoms with van der Waals surface area (Å²) in [4.78, 5) is 0. The Morgan fingerprint density at radius 2 is 0.894 bits per heavy atom. The van der Waals surface area contributed by atoms with E-state index in [0.29, 0.717) is 0 Å². The van der Waals surface area contributed by atoms with Gasteiger partial charge in [0.25, 0.3) is 0 Å². The Hall–Kier alpha value is -5.86. The van der Waals surface area contributed by atoms with Crippen LogP contribution in [0.4, 0.5) is 0 Å². The molecule has 0 atom stereocenters. The molecule has 2 aromatic heterocycles. The molecular weight excluding hydrogens is 569 g/mol. The Kier molecular flexibility index (Phi) is 5.37. The fraction of sp³-hybridized carbons (Fsp3) is 0.0667. The van der Waals surface area contributed by atoms with Gasteiger partial charge in [0, 0.05) is 32.5 Å². The van der Waals surface area contributed by atoms with Gasteiger partial charge in [0.2, 0.25) is 0 Å². The number of para-hydroxylation sites is 3. The number of fused-ring (bicyclic) bond motifs is 9. The molecule has 0 fully saturated rings. The average Bonchev–Trinajstić information content (AvgIpc) is 3.71. The first kappa shape index (κ1) is 26.4. The van der Waals surface area contributed by atoms with Gasteiger partial charge in [-0.2, -0.15) is 0 Å². The quantitative estimate of drug-likeness (QED) is 0.191. The lowest BCUT2D eigenvalue weighted by molar-refractivity contribution is 0.661. The maximum atomic E-state index is 2.52. The van der Waals surface area contributed by atoms with Crippen LogP contribution in [-0.2, 0) is 5.41 Å². The molecule has 1 aliphatic carbocycles. The maximum absolute atomic E-state index is 2.52. The van der Waals surface area contributed by atoms with Gasteiger partial charge in [-0.25, -0.2) is 0 Å². The van der Waals surface area contributed by atoms with Crippen LogP contribution in [0, 0.1) is 0 Å². The van der Waals surface area contributed by atoms with Gasteiger partial charge in [-0.1, -0.05) is 129 Å². The second kappa shape index (κ2) is 9.57. The zero-order chi connectivity index (χ0) is 31.3.